The highest BCUT2D eigenvalue weighted by Crippen LogP contribution is 2.38. The Kier molecular flexibility index (Phi) is 20.9. The Morgan fingerprint density at radius 2 is 0.964 bits per heavy atom. The minimum absolute atomic E-state index is 0.00778. The summed E-state index contributed by atoms with van der Waals surface area (Å²) in [6.07, 6.45) is 23.0. The lowest BCUT2D eigenvalue weighted by molar-refractivity contribution is -0.132. The summed E-state index contributed by atoms with van der Waals surface area (Å²) in [6, 6.07) is 0.602. The predicted octanol–water partition coefficient (Wildman–Crippen LogP) is 12.8. The zero-order chi connectivity index (χ0) is 59.2. The number of Topliss-reactive ketones (excluding diaryl/α,β-unsaturated/α-hetero) is 1. The van der Waals surface area contributed by atoms with Crippen molar-refractivity contribution in [3.05, 3.63) is 116 Å². The number of thiophene rings is 3. The maximum atomic E-state index is 13.4. The molecule has 2 amide bonds. The summed E-state index contributed by atoms with van der Waals surface area (Å²) < 4.78 is 5.09. The van der Waals surface area contributed by atoms with Crippen molar-refractivity contribution in [3.8, 4) is 0 Å². The fraction of sp³-hybridized carbons (Fsp3) is 0.516. The van der Waals surface area contributed by atoms with Crippen LogP contribution in [0.15, 0.2) is 78.4 Å². The van der Waals surface area contributed by atoms with Crippen molar-refractivity contribution in [1.82, 2.24) is 43.4 Å². The minimum atomic E-state index is -0.0447. The van der Waals surface area contributed by atoms with Crippen molar-refractivity contribution in [3.63, 3.8) is 0 Å². The Bertz CT molecular complexity index is 3830. The first-order valence-electron chi connectivity index (χ1n) is 29.5. The normalized spacial score (nSPS) is 17.6. The topological polar surface area (TPSA) is 175 Å². The number of nitrogens with zero attached hydrogens (tertiary/aromatic N) is 9. The average molecular weight is 1270 g/mol. The van der Waals surface area contributed by atoms with Crippen LogP contribution in [0.25, 0.3) is 30.6 Å². The van der Waals surface area contributed by atoms with Crippen LogP contribution in [0.1, 0.15) is 146 Å². The molecule has 2 fully saturated rings. The number of carbonyl (C=O) groups is 3. The van der Waals surface area contributed by atoms with E-state index in [1.807, 2.05) is 23.6 Å². The van der Waals surface area contributed by atoms with E-state index >= 15 is 0 Å². The number of piperidine rings is 2. The van der Waals surface area contributed by atoms with Gasteiger partial charge < -0.3 is 9.80 Å². The molecule has 0 bridgehead atoms. The Morgan fingerprint density at radius 1 is 0.571 bits per heavy atom. The van der Waals surface area contributed by atoms with Crippen LogP contribution >= 0.6 is 80.6 Å². The van der Waals surface area contributed by atoms with E-state index in [9.17, 15) is 28.8 Å². The van der Waals surface area contributed by atoms with Crippen molar-refractivity contribution in [2.75, 3.05) is 30.3 Å². The number of fused-ring (bicyclic) bond motifs is 9. The summed E-state index contributed by atoms with van der Waals surface area (Å²) >= 11 is 10.4. The van der Waals surface area contributed by atoms with Gasteiger partial charge in [0.05, 0.1) is 33.4 Å². The Hall–Kier alpha value is -4.97. The van der Waals surface area contributed by atoms with Crippen LogP contribution in [0.2, 0.25) is 0 Å². The van der Waals surface area contributed by atoms with Gasteiger partial charge in [0, 0.05) is 71.0 Å². The first-order valence-corrected chi connectivity index (χ1v) is 35.8. The van der Waals surface area contributed by atoms with Gasteiger partial charge in [0.15, 0.2) is 20.5 Å². The average Bonchev–Trinajstić information content (AvgIpc) is 2.87. The van der Waals surface area contributed by atoms with E-state index < -0.39 is 0 Å². The Morgan fingerprint density at radius 3 is 1.35 bits per heavy atom. The minimum Gasteiger partial charge on any atom is -0.339 e. The summed E-state index contributed by atoms with van der Waals surface area (Å²) in [7, 11) is 0. The van der Waals surface area contributed by atoms with E-state index in [-0.39, 0.29) is 40.0 Å². The molecule has 446 valence electrons. The van der Waals surface area contributed by atoms with E-state index in [0.29, 0.717) is 63.7 Å². The van der Waals surface area contributed by atoms with Crippen LogP contribution in [-0.4, -0.2) is 103 Å². The molecule has 7 aromatic rings. The van der Waals surface area contributed by atoms with Crippen LogP contribution in [0.3, 0.4) is 0 Å². The number of thiazole rings is 1. The molecule has 9 heterocycles. The third-order valence-electron chi connectivity index (χ3n) is 16.2. The highest BCUT2D eigenvalue weighted by Gasteiger charge is 2.29. The number of aryl methyl sites for hydroxylation is 6. The van der Waals surface area contributed by atoms with E-state index in [2.05, 4.69) is 38.6 Å². The third kappa shape index (κ3) is 13.9. The molecule has 3 aliphatic carbocycles. The number of aromatic nitrogens is 7. The maximum Gasteiger partial charge on any atom is 0.263 e. The molecule has 0 unspecified atom stereocenters. The molecule has 2 atom stereocenters. The van der Waals surface area contributed by atoms with Gasteiger partial charge in [0.25, 0.3) is 16.7 Å². The smallest absolute Gasteiger partial charge is 0.263 e. The second kappa shape index (κ2) is 28.2. The number of carbonyl (C=O) groups excluding carboxylic acids is 3. The maximum absolute atomic E-state index is 13.4. The van der Waals surface area contributed by atoms with Crippen molar-refractivity contribution in [2.24, 2.45) is 0 Å². The Balaban J connectivity index is 0.000000140. The molecular weight excluding hydrogens is 1190 g/mol. The molecule has 0 aromatic carbocycles. The molecule has 15 nitrogen and oxygen atoms in total. The van der Waals surface area contributed by atoms with Gasteiger partial charge in [-0.2, -0.15) is 0 Å². The largest absolute Gasteiger partial charge is 0.339 e. The lowest BCUT2D eigenvalue weighted by Gasteiger charge is -2.33. The van der Waals surface area contributed by atoms with Crippen LogP contribution in [0.5, 0.6) is 0 Å². The zero-order valence-corrected chi connectivity index (χ0v) is 54.4. The van der Waals surface area contributed by atoms with Crippen molar-refractivity contribution >= 4 is 129 Å². The van der Waals surface area contributed by atoms with Crippen molar-refractivity contribution in [1.29, 1.82) is 0 Å². The van der Waals surface area contributed by atoms with Crippen LogP contribution in [0.4, 0.5) is 0 Å². The molecular formula is C62H75N9O6S7. The van der Waals surface area contributed by atoms with Gasteiger partial charge in [-0.3, -0.25) is 42.5 Å². The Labute approximate surface area is 519 Å². The van der Waals surface area contributed by atoms with Gasteiger partial charge in [0.1, 0.15) is 14.5 Å². The molecule has 2 aliphatic heterocycles. The number of amides is 2. The fourth-order valence-corrected chi connectivity index (χ4v) is 19.2. The van der Waals surface area contributed by atoms with E-state index in [4.69, 9.17) is 15.0 Å². The van der Waals surface area contributed by atoms with Gasteiger partial charge in [-0.15, -0.1) is 51.9 Å². The summed E-state index contributed by atoms with van der Waals surface area (Å²) in [6.45, 7) is 22.8. The fourth-order valence-electron chi connectivity index (χ4n) is 12.0. The second-order valence-corrected chi connectivity index (χ2v) is 29.7. The van der Waals surface area contributed by atoms with Crippen LogP contribution in [0, 0.1) is 0 Å². The van der Waals surface area contributed by atoms with Gasteiger partial charge in [-0.1, -0.05) is 65.7 Å². The summed E-state index contributed by atoms with van der Waals surface area (Å²) in [5, 5.41) is 6.49. The lowest BCUT2D eigenvalue weighted by Crippen LogP contribution is -2.43. The molecule has 0 radical (unpaired) electrons. The van der Waals surface area contributed by atoms with Crippen molar-refractivity contribution in [2.45, 2.75) is 190 Å². The quantitative estimate of drug-likeness (QED) is 0.0387. The molecule has 0 saturated carbocycles. The van der Waals surface area contributed by atoms with Crippen LogP contribution < -0.4 is 16.7 Å². The SMILES string of the molecule is C=C(C)Cn1c(SCC(=O)N2CCCC[C@H]2C)nc2sc3c(c2c1=O)CCCC3.C=C(C)Cn1c(SCC(=O)c2nccs2)nc2sc3c(c2c1=O)CCCC3.C=CCn1c(SCC(=O)N2CCCC[C@H]2C)nc2sc3c(c2c1=O)CCCC3. The van der Waals surface area contributed by atoms with E-state index in [1.54, 1.807) is 65.4 Å². The van der Waals surface area contributed by atoms with Gasteiger partial charge in [-0.25, -0.2) is 19.9 Å². The highest BCUT2D eigenvalue weighted by molar-refractivity contribution is 8.00. The monoisotopic (exact) mass is 1270 g/mol. The molecule has 7 aromatic heterocycles. The first kappa shape index (κ1) is 62.1. The third-order valence-corrected chi connectivity index (χ3v) is 23.5. The number of thioether (sulfide) groups is 3. The van der Waals surface area contributed by atoms with Crippen LogP contribution in [-0.2, 0) is 67.7 Å². The lowest BCUT2D eigenvalue weighted by atomic mass is 9.97. The number of hydrogen-bond acceptors (Lipinski definition) is 17. The summed E-state index contributed by atoms with van der Waals surface area (Å²) in [5.41, 5.74) is 5.43. The standard InChI is InChI=1S/C22H29N3O2S2.C21H27N3O2S2.C19H19N3O2S3/c1-14(2)12-25-21(27)19-16-9-4-5-10-17(16)29-20(19)23-22(25)28-13-18(26)24-11-7-6-8-15(24)3;1-3-11-24-20(26)18-15-9-4-5-10-16(15)28-19(18)22-21(24)27-13-17(25)23-12-7-6-8-14(23)2;1-11(2)9-22-18(24)15-12-5-3-4-6-14(12)27-17(15)21-19(22)26-10-13(23)16-20-7-8-25-16/h15H,1,4-13H2,2-3H3;3,14H,1,4-13H2,2H3;7-8H,1,3-6,9-10H2,2H3/t15-;14-;/m11./s1. The van der Waals surface area contributed by atoms with Crippen molar-refractivity contribution < 1.29 is 14.4 Å². The van der Waals surface area contributed by atoms with Gasteiger partial charge >= 0.3 is 0 Å². The molecule has 5 aliphatic rings. The molecule has 0 spiro atoms. The van der Waals surface area contributed by atoms with Gasteiger partial charge in [0.2, 0.25) is 17.6 Å². The molecule has 12 rings (SSSR count). The number of likely N-dealkylation sites (tertiary alicyclic amines) is 2. The first-order chi connectivity index (χ1) is 40.6. The number of rotatable bonds is 16. The molecule has 22 heteroatoms. The van der Waals surface area contributed by atoms with E-state index in [0.717, 1.165) is 138 Å². The molecule has 84 heavy (non-hydrogen) atoms. The second-order valence-electron chi connectivity index (χ2n) is 22.7. The van der Waals surface area contributed by atoms with Gasteiger partial charge in [-0.05, 0) is 160 Å². The zero-order valence-electron chi connectivity index (χ0n) is 48.7. The van der Waals surface area contributed by atoms with E-state index in [1.165, 1.54) is 110 Å². The number of ketones is 1. The number of hydrogen-bond donors (Lipinski definition) is 0. The number of allylic oxidation sites excluding steroid dienone is 3. The summed E-state index contributed by atoms with van der Waals surface area (Å²) in [4.78, 5) is 107. The predicted molar refractivity (Wildman–Crippen MR) is 350 cm³/mol. The highest BCUT2D eigenvalue weighted by atomic mass is 32.2. The molecule has 2 saturated heterocycles. The molecule has 0 N–H and O–H groups in total. The summed E-state index contributed by atoms with van der Waals surface area (Å²) in [5.74, 6) is 1.10.